The van der Waals surface area contributed by atoms with E-state index in [-0.39, 0.29) is 35.3 Å². The van der Waals surface area contributed by atoms with Crippen LogP contribution in [0.3, 0.4) is 0 Å². The van der Waals surface area contributed by atoms with Gasteiger partial charge in [0.05, 0.1) is 37.0 Å². The molecular weight excluding hydrogens is 307 g/mol. The van der Waals surface area contributed by atoms with Gasteiger partial charge in [-0.25, -0.2) is 0 Å². The third-order valence-corrected chi connectivity index (χ3v) is 9.00. The van der Waals surface area contributed by atoms with Gasteiger partial charge in [0.2, 0.25) is 0 Å². The van der Waals surface area contributed by atoms with E-state index in [4.69, 9.17) is 0 Å². The third-order valence-electron chi connectivity index (χ3n) is 3.00. The molecule has 0 N–H and O–H groups in total. The predicted octanol–water partition coefficient (Wildman–Crippen LogP) is 4.52. The minimum absolute atomic E-state index is 0. The van der Waals surface area contributed by atoms with Crippen LogP contribution < -0.4 is 0 Å². The molecule has 0 aliphatic rings. The molecule has 0 radical (unpaired) electrons. The van der Waals surface area contributed by atoms with E-state index in [1.807, 2.05) is 0 Å². The van der Waals surface area contributed by atoms with Crippen molar-refractivity contribution >= 4 is 15.8 Å². The van der Waals surface area contributed by atoms with Crippen LogP contribution in [0.15, 0.2) is 0 Å². The quantitative estimate of drug-likeness (QED) is 0.493. The standard InChI is InChI=1S/2C6H15P.Ru/c2*1-4-7(5-2)6-3;/h2*4-6H2,1-3H3;/p+2. The van der Waals surface area contributed by atoms with Crippen molar-refractivity contribution in [3.8, 4) is 0 Å². The Hall–Kier alpha value is 1.48. The molecule has 0 aromatic rings. The molecular formula is C12H32P2Ru+2. The monoisotopic (exact) mass is 340 g/mol. The molecule has 0 amide bonds. The summed E-state index contributed by atoms with van der Waals surface area (Å²) in [7, 11) is 0.275. The smallest absolute Gasteiger partial charge is 0.0313 e. The van der Waals surface area contributed by atoms with Crippen molar-refractivity contribution in [1.29, 1.82) is 0 Å². The zero-order valence-electron chi connectivity index (χ0n) is 11.6. The molecule has 0 unspecified atom stereocenters. The van der Waals surface area contributed by atoms with Crippen LogP contribution in [-0.2, 0) is 19.5 Å². The van der Waals surface area contributed by atoms with Crippen molar-refractivity contribution in [2.24, 2.45) is 0 Å². The molecule has 0 aliphatic heterocycles. The van der Waals surface area contributed by atoms with Gasteiger partial charge in [-0.05, 0) is 57.4 Å². The molecule has 15 heavy (non-hydrogen) atoms. The van der Waals surface area contributed by atoms with Gasteiger partial charge < -0.3 is 0 Å². The van der Waals surface area contributed by atoms with Gasteiger partial charge >= 0.3 is 0 Å². The van der Waals surface area contributed by atoms with Gasteiger partial charge in [-0.3, -0.25) is 0 Å². The van der Waals surface area contributed by atoms with Crippen molar-refractivity contribution in [3.05, 3.63) is 0 Å². The predicted molar refractivity (Wildman–Crippen MR) is 79.9 cm³/mol. The van der Waals surface area contributed by atoms with Crippen molar-refractivity contribution in [3.63, 3.8) is 0 Å². The fourth-order valence-electron chi connectivity index (χ4n) is 1.50. The Balaban J connectivity index is -0.000000180. The van der Waals surface area contributed by atoms with E-state index in [1.165, 1.54) is 37.0 Å². The maximum absolute atomic E-state index is 2.31. The average molecular weight is 339 g/mol. The van der Waals surface area contributed by atoms with Crippen molar-refractivity contribution in [1.82, 2.24) is 0 Å². The molecule has 0 aliphatic carbocycles. The van der Waals surface area contributed by atoms with Gasteiger partial charge in [-0.1, -0.05) is 0 Å². The van der Waals surface area contributed by atoms with Crippen LogP contribution in [-0.4, -0.2) is 37.0 Å². The normalized spacial score (nSPS) is 9.60. The summed E-state index contributed by atoms with van der Waals surface area (Å²) in [6.07, 6.45) is 8.74. The van der Waals surface area contributed by atoms with Crippen LogP contribution in [0.25, 0.3) is 0 Å². The van der Waals surface area contributed by atoms with Crippen molar-refractivity contribution in [2.75, 3.05) is 37.0 Å². The summed E-state index contributed by atoms with van der Waals surface area (Å²) in [4.78, 5) is 0. The third kappa shape index (κ3) is 15.5. The zero-order valence-corrected chi connectivity index (χ0v) is 15.3. The van der Waals surface area contributed by atoms with Crippen LogP contribution in [0.5, 0.6) is 0 Å². The SMILES string of the molecule is CC[PH+](CC)CC.CC[PH+](CC)CC.[Ru]. The first-order valence-corrected chi connectivity index (χ1v) is 10.6. The first-order chi connectivity index (χ1) is 6.69. The largest absolute Gasteiger partial charge is 0.0543 e. The van der Waals surface area contributed by atoms with Crippen molar-refractivity contribution < 1.29 is 19.5 Å². The fraction of sp³-hybridized carbons (Fsp3) is 1.00. The van der Waals surface area contributed by atoms with Crippen molar-refractivity contribution in [2.45, 2.75) is 41.5 Å². The van der Waals surface area contributed by atoms with Gasteiger partial charge in [0.15, 0.2) is 0 Å². The minimum Gasteiger partial charge on any atom is -0.0313 e. The van der Waals surface area contributed by atoms with Gasteiger partial charge in [-0.2, -0.15) is 0 Å². The minimum atomic E-state index is 0. The van der Waals surface area contributed by atoms with Crippen LogP contribution >= 0.6 is 15.8 Å². The van der Waals surface area contributed by atoms with E-state index in [9.17, 15) is 0 Å². The topological polar surface area (TPSA) is 0 Å². The molecule has 3 heteroatoms. The molecule has 0 aromatic heterocycles. The number of rotatable bonds is 6. The summed E-state index contributed by atoms with van der Waals surface area (Å²) < 4.78 is 0. The Labute approximate surface area is 114 Å². The summed E-state index contributed by atoms with van der Waals surface area (Å²) in [5.74, 6) is 0. The van der Waals surface area contributed by atoms with E-state index in [1.54, 1.807) is 0 Å². The summed E-state index contributed by atoms with van der Waals surface area (Å²) >= 11 is 0. The summed E-state index contributed by atoms with van der Waals surface area (Å²) in [6, 6.07) is 0. The Kier molecular flexibility index (Phi) is 25.9. The molecule has 0 nitrogen and oxygen atoms in total. The first-order valence-electron chi connectivity index (χ1n) is 6.36. The van der Waals surface area contributed by atoms with E-state index in [0.717, 1.165) is 0 Å². The fourth-order valence-corrected chi connectivity index (χ4v) is 4.50. The zero-order chi connectivity index (χ0) is 11.4. The Morgan fingerprint density at radius 2 is 0.600 bits per heavy atom. The molecule has 0 fully saturated rings. The van der Waals surface area contributed by atoms with Gasteiger partial charge in [-0.15, -0.1) is 0 Å². The molecule has 0 heterocycles. The van der Waals surface area contributed by atoms with E-state index >= 15 is 0 Å². The molecule has 0 spiro atoms. The maximum atomic E-state index is 2.31. The van der Waals surface area contributed by atoms with E-state index in [0.29, 0.717) is 0 Å². The summed E-state index contributed by atoms with van der Waals surface area (Å²) in [6.45, 7) is 13.8. The second-order valence-electron chi connectivity index (χ2n) is 3.62. The molecule has 0 atom stereocenters. The number of hydrogen-bond acceptors (Lipinski definition) is 0. The Morgan fingerprint density at radius 3 is 0.600 bits per heavy atom. The Bertz CT molecular complexity index is 68.6. The average Bonchev–Trinajstić information content (AvgIpc) is 2.24. The van der Waals surface area contributed by atoms with Gasteiger partial charge in [0.25, 0.3) is 0 Å². The van der Waals surface area contributed by atoms with Crippen LogP contribution in [0, 0.1) is 0 Å². The molecule has 0 rings (SSSR count). The van der Waals surface area contributed by atoms with E-state index in [2.05, 4.69) is 41.5 Å². The van der Waals surface area contributed by atoms with Crippen LogP contribution in [0.1, 0.15) is 41.5 Å². The summed E-state index contributed by atoms with van der Waals surface area (Å²) in [5, 5.41) is 0. The molecule has 96 valence electrons. The first kappa shape index (κ1) is 21.7. The molecule has 0 saturated heterocycles. The van der Waals surface area contributed by atoms with Crippen LogP contribution in [0.4, 0.5) is 0 Å². The Morgan fingerprint density at radius 1 is 0.467 bits per heavy atom. The molecule has 0 saturated carbocycles. The van der Waals surface area contributed by atoms with Crippen LogP contribution in [0.2, 0.25) is 0 Å². The van der Waals surface area contributed by atoms with Gasteiger partial charge in [0, 0.05) is 19.5 Å². The molecule has 0 aromatic carbocycles. The number of hydrogen-bond donors (Lipinski definition) is 0. The van der Waals surface area contributed by atoms with Gasteiger partial charge in [0.1, 0.15) is 0 Å². The maximum Gasteiger partial charge on any atom is 0.0543 e. The second-order valence-corrected chi connectivity index (χ2v) is 10.9. The van der Waals surface area contributed by atoms with E-state index < -0.39 is 0 Å². The summed E-state index contributed by atoms with van der Waals surface area (Å²) in [5.41, 5.74) is 0. The second kappa shape index (κ2) is 17.9. The molecule has 0 bridgehead atoms.